The molecule has 1 aromatic rings. The van der Waals surface area contributed by atoms with Gasteiger partial charge in [0.1, 0.15) is 0 Å². The Kier molecular flexibility index (Phi) is 4.67. The topological polar surface area (TPSA) is 73.5 Å². The lowest BCUT2D eigenvalue weighted by Crippen LogP contribution is -2.37. The number of anilines is 2. The number of rotatable bonds is 4. The first kappa shape index (κ1) is 15.2. The Morgan fingerprint density at radius 2 is 1.95 bits per heavy atom. The maximum atomic E-state index is 12.4. The molecular weight excluding hydrogens is 268 g/mol. The Hall–Kier alpha value is -2.24. The van der Waals surface area contributed by atoms with Crippen molar-refractivity contribution in [2.45, 2.75) is 6.92 Å². The molecule has 1 aliphatic heterocycles. The van der Waals surface area contributed by atoms with E-state index in [1.807, 2.05) is 18.2 Å². The molecule has 2 rings (SSSR count). The summed E-state index contributed by atoms with van der Waals surface area (Å²) in [6.45, 7) is 3.92. The number of hydrogen-bond acceptors (Lipinski definition) is 4. The predicted octanol–water partition coefficient (Wildman–Crippen LogP) is 0.978. The molecule has 1 aromatic carbocycles. The van der Waals surface area contributed by atoms with Crippen LogP contribution in [0.1, 0.15) is 17.3 Å². The van der Waals surface area contributed by atoms with Crippen LogP contribution in [-0.4, -0.2) is 50.4 Å². The molecule has 0 bridgehead atoms. The van der Waals surface area contributed by atoms with Crippen molar-refractivity contribution in [3.05, 3.63) is 23.8 Å². The molecule has 0 spiro atoms. The van der Waals surface area contributed by atoms with Gasteiger partial charge in [-0.15, -0.1) is 0 Å². The number of nitrogens with one attached hydrogen (secondary N) is 3. The van der Waals surface area contributed by atoms with Crippen LogP contribution in [0, 0.1) is 5.92 Å². The predicted molar refractivity (Wildman–Crippen MR) is 83.6 cm³/mol. The SMILES string of the molecule is CNC(=O)C(C)CN(C)C(=O)c1ccc2c(c1)NCCN2. The second kappa shape index (κ2) is 6.47. The molecule has 3 N–H and O–H groups in total. The molecule has 6 nitrogen and oxygen atoms in total. The Morgan fingerprint density at radius 3 is 2.62 bits per heavy atom. The van der Waals surface area contributed by atoms with E-state index in [0.717, 1.165) is 24.5 Å². The third kappa shape index (κ3) is 3.45. The third-order valence-electron chi connectivity index (χ3n) is 3.61. The van der Waals surface area contributed by atoms with Gasteiger partial charge in [0.15, 0.2) is 0 Å². The fraction of sp³-hybridized carbons (Fsp3) is 0.467. The molecule has 0 fully saturated rings. The number of carbonyl (C=O) groups excluding carboxylic acids is 2. The van der Waals surface area contributed by atoms with E-state index in [2.05, 4.69) is 16.0 Å². The first-order valence-corrected chi connectivity index (χ1v) is 7.11. The van der Waals surface area contributed by atoms with Gasteiger partial charge < -0.3 is 20.9 Å². The summed E-state index contributed by atoms with van der Waals surface area (Å²) < 4.78 is 0. The quantitative estimate of drug-likeness (QED) is 0.773. The molecule has 0 aliphatic carbocycles. The number of carbonyl (C=O) groups is 2. The van der Waals surface area contributed by atoms with Gasteiger partial charge >= 0.3 is 0 Å². The van der Waals surface area contributed by atoms with Crippen LogP contribution in [0.2, 0.25) is 0 Å². The number of fused-ring (bicyclic) bond motifs is 1. The molecule has 21 heavy (non-hydrogen) atoms. The average molecular weight is 290 g/mol. The number of nitrogens with zero attached hydrogens (tertiary/aromatic N) is 1. The van der Waals surface area contributed by atoms with Crippen molar-refractivity contribution < 1.29 is 9.59 Å². The van der Waals surface area contributed by atoms with Gasteiger partial charge in [-0.1, -0.05) is 6.92 Å². The zero-order valence-electron chi connectivity index (χ0n) is 12.7. The van der Waals surface area contributed by atoms with Crippen LogP contribution in [0.3, 0.4) is 0 Å². The van der Waals surface area contributed by atoms with Crippen LogP contribution >= 0.6 is 0 Å². The molecule has 2 amide bonds. The van der Waals surface area contributed by atoms with Gasteiger partial charge in [-0.05, 0) is 18.2 Å². The van der Waals surface area contributed by atoms with E-state index in [4.69, 9.17) is 0 Å². The molecule has 0 saturated heterocycles. The van der Waals surface area contributed by atoms with Gasteiger partial charge in [-0.25, -0.2) is 0 Å². The van der Waals surface area contributed by atoms with Crippen molar-refractivity contribution in [1.29, 1.82) is 0 Å². The summed E-state index contributed by atoms with van der Waals surface area (Å²) >= 11 is 0. The van der Waals surface area contributed by atoms with Crippen molar-refractivity contribution in [2.24, 2.45) is 5.92 Å². The highest BCUT2D eigenvalue weighted by Crippen LogP contribution is 2.25. The molecule has 1 aliphatic rings. The Labute approximate surface area is 124 Å². The molecule has 6 heteroatoms. The summed E-state index contributed by atoms with van der Waals surface area (Å²) in [5, 5.41) is 9.13. The Balaban J connectivity index is 2.07. The van der Waals surface area contributed by atoms with E-state index in [-0.39, 0.29) is 17.7 Å². The zero-order valence-corrected chi connectivity index (χ0v) is 12.7. The standard InChI is InChI=1S/C15H22N4O2/c1-10(14(20)16-2)9-19(3)15(21)11-4-5-12-13(8-11)18-7-6-17-12/h4-5,8,10,17-18H,6-7,9H2,1-3H3,(H,16,20). The van der Waals surface area contributed by atoms with Crippen molar-refractivity contribution in [1.82, 2.24) is 10.2 Å². The first-order chi connectivity index (χ1) is 10.0. The van der Waals surface area contributed by atoms with Crippen LogP contribution in [-0.2, 0) is 4.79 Å². The summed E-state index contributed by atoms with van der Waals surface area (Å²) in [7, 11) is 3.32. The van der Waals surface area contributed by atoms with E-state index in [0.29, 0.717) is 12.1 Å². The zero-order chi connectivity index (χ0) is 15.4. The van der Waals surface area contributed by atoms with Crippen LogP contribution in [0.15, 0.2) is 18.2 Å². The minimum absolute atomic E-state index is 0.0639. The van der Waals surface area contributed by atoms with Gasteiger partial charge in [0.25, 0.3) is 5.91 Å². The van der Waals surface area contributed by atoms with E-state index in [1.54, 1.807) is 25.9 Å². The van der Waals surface area contributed by atoms with Gasteiger partial charge in [0, 0.05) is 39.3 Å². The molecule has 1 atom stereocenters. The van der Waals surface area contributed by atoms with E-state index < -0.39 is 0 Å². The van der Waals surface area contributed by atoms with E-state index in [9.17, 15) is 9.59 Å². The fourth-order valence-electron chi connectivity index (χ4n) is 2.42. The molecule has 0 saturated carbocycles. The van der Waals surface area contributed by atoms with Crippen LogP contribution in [0.25, 0.3) is 0 Å². The number of hydrogen-bond donors (Lipinski definition) is 3. The van der Waals surface area contributed by atoms with Crippen molar-refractivity contribution in [2.75, 3.05) is 44.4 Å². The summed E-state index contributed by atoms with van der Waals surface area (Å²) in [5.74, 6) is -0.381. The van der Waals surface area contributed by atoms with E-state index >= 15 is 0 Å². The summed E-state index contributed by atoms with van der Waals surface area (Å²) in [5.41, 5.74) is 2.58. The number of amides is 2. The maximum Gasteiger partial charge on any atom is 0.253 e. The molecular formula is C15H22N4O2. The van der Waals surface area contributed by atoms with Gasteiger partial charge in [-0.3, -0.25) is 9.59 Å². The lowest BCUT2D eigenvalue weighted by molar-refractivity contribution is -0.124. The minimum atomic E-state index is -0.235. The normalized spacial score (nSPS) is 14.2. The minimum Gasteiger partial charge on any atom is -0.382 e. The smallest absolute Gasteiger partial charge is 0.253 e. The van der Waals surface area contributed by atoms with Crippen molar-refractivity contribution in [3.8, 4) is 0 Å². The molecule has 1 heterocycles. The summed E-state index contributed by atoms with van der Waals surface area (Å²) in [4.78, 5) is 25.5. The van der Waals surface area contributed by atoms with Gasteiger partial charge in [0.2, 0.25) is 5.91 Å². The van der Waals surface area contributed by atoms with Crippen molar-refractivity contribution in [3.63, 3.8) is 0 Å². The van der Waals surface area contributed by atoms with Crippen LogP contribution in [0.5, 0.6) is 0 Å². The second-order valence-electron chi connectivity index (χ2n) is 5.31. The van der Waals surface area contributed by atoms with Crippen LogP contribution in [0.4, 0.5) is 11.4 Å². The molecule has 0 radical (unpaired) electrons. The average Bonchev–Trinajstić information content (AvgIpc) is 2.52. The van der Waals surface area contributed by atoms with Gasteiger partial charge in [-0.2, -0.15) is 0 Å². The van der Waals surface area contributed by atoms with Crippen LogP contribution < -0.4 is 16.0 Å². The Morgan fingerprint density at radius 1 is 1.29 bits per heavy atom. The highest BCUT2D eigenvalue weighted by Gasteiger charge is 2.19. The maximum absolute atomic E-state index is 12.4. The highest BCUT2D eigenvalue weighted by molar-refractivity contribution is 5.96. The van der Waals surface area contributed by atoms with E-state index in [1.165, 1.54) is 0 Å². The largest absolute Gasteiger partial charge is 0.382 e. The molecule has 1 unspecified atom stereocenters. The highest BCUT2D eigenvalue weighted by atomic mass is 16.2. The number of benzene rings is 1. The lowest BCUT2D eigenvalue weighted by Gasteiger charge is -2.23. The molecule has 114 valence electrons. The first-order valence-electron chi connectivity index (χ1n) is 7.11. The lowest BCUT2D eigenvalue weighted by atomic mass is 10.1. The van der Waals surface area contributed by atoms with Gasteiger partial charge in [0.05, 0.1) is 17.3 Å². The summed E-state index contributed by atoms with van der Waals surface area (Å²) in [6, 6.07) is 5.57. The van der Waals surface area contributed by atoms with Crippen molar-refractivity contribution >= 4 is 23.2 Å². The fourth-order valence-corrected chi connectivity index (χ4v) is 2.42. The molecule has 0 aromatic heterocycles. The second-order valence-corrected chi connectivity index (χ2v) is 5.31. The monoisotopic (exact) mass is 290 g/mol. The summed E-state index contributed by atoms with van der Waals surface area (Å²) in [6.07, 6.45) is 0. The Bertz CT molecular complexity index is 544. The third-order valence-corrected chi connectivity index (χ3v) is 3.61.